The Kier molecular flexibility index (Phi) is 5.87. The lowest BCUT2D eigenvalue weighted by atomic mass is 9.99. The molecule has 0 unspecified atom stereocenters. The molecule has 0 aliphatic carbocycles. The highest BCUT2D eigenvalue weighted by Gasteiger charge is 2.25. The second kappa shape index (κ2) is 8.68. The lowest BCUT2D eigenvalue weighted by molar-refractivity contribution is 0.0515. The summed E-state index contributed by atoms with van der Waals surface area (Å²) in [7, 11) is 0. The molecular weight excluding hydrogens is 354 g/mol. The molecular formula is C23H17NO4. The van der Waals surface area contributed by atoms with E-state index in [4.69, 9.17) is 4.84 Å². The van der Waals surface area contributed by atoms with E-state index in [2.05, 4.69) is 5.16 Å². The number of nitrogens with zero attached hydrogens (tertiary/aromatic N) is 1. The third kappa shape index (κ3) is 4.45. The van der Waals surface area contributed by atoms with Gasteiger partial charge in [0, 0.05) is 11.1 Å². The zero-order chi connectivity index (χ0) is 19.9. The largest absolute Gasteiger partial charge is 0.365 e. The van der Waals surface area contributed by atoms with E-state index in [-0.39, 0.29) is 16.7 Å². The molecule has 138 valence electrons. The van der Waals surface area contributed by atoms with Gasteiger partial charge in [-0.1, -0.05) is 83.5 Å². The van der Waals surface area contributed by atoms with Crippen LogP contribution in [0.15, 0.2) is 90.1 Å². The van der Waals surface area contributed by atoms with E-state index in [0.717, 1.165) is 5.56 Å². The van der Waals surface area contributed by atoms with E-state index in [1.165, 1.54) is 0 Å². The third-order valence-corrected chi connectivity index (χ3v) is 4.01. The second-order valence-corrected chi connectivity index (χ2v) is 6.07. The Morgan fingerprint density at radius 2 is 1.11 bits per heavy atom. The molecule has 0 aliphatic heterocycles. The van der Waals surface area contributed by atoms with Crippen molar-refractivity contribution in [3.63, 3.8) is 0 Å². The predicted octanol–water partition coefficient (Wildman–Crippen LogP) is 4.27. The molecule has 5 heteroatoms. The van der Waals surface area contributed by atoms with Gasteiger partial charge in [-0.25, -0.2) is 4.79 Å². The van der Waals surface area contributed by atoms with Crippen LogP contribution >= 0.6 is 0 Å². The number of hydrogen-bond acceptors (Lipinski definition) is 5. The van der Waals surface area contributed by atoms with Gasteiger partial charge in [-0.05, 0) is 19.1 Å². The van der Waals surface area contributed by atoms with Gasteiger partial charge in [0.1, 0.15) is 0 Å². The fraction of sp³-hybridized carbons (Fsp3) is 0.0435. The summed E-state index contributed by atoms with van der Waals surface area (Å²) in [5.41, 5.74) is 1.35. The number of ketones is 2. The maximum Gasteiger partial charge on any atom is 0.365 e. The molecule has 0 spiro atoms. The summed E-state index contributed by atoms with van der Waals surface area (Å²) < 4.78 is 0. The Morgan fingerprint density at radius 1 is 0.643 bits per heavy atom. The van der Waals surface area contributed by atoms with Crippen molar-refractivity contribution in [2.24, 2.45) is 5.16 Å². The van der Waals surface area contributed by atoms with Crippen LogP contribution in [0.5, 0.6) is 0 Å². The fourth-order valence-corrected chi connectivity index (χ4v) is 2.47. The van der Waals surface area contributed by atoms with Gasteiger partial charge in [-0.2, -0.15) is 0 Å². The first-order valence-electron chi connectivity index (χ1n) is 8.62. The van der Waals surface area contributed by atoms with Crippen LogP contribution in [0, 0.1) is 6.92 Å². The molecule has 0 saturated carbocycles. The van der Waals surface area contributed by atoms with Crippen molar-refractivity contribution in [1.29, 1.82) is 0 Å². The molecule has 0 fully saturated rings. The minimum atomic E-state index is -0.751. The summed E-state index contributed by atoms with van der Waals surface area (Å²) in [6, 6.07) is 23.2. The average Bonchev–Trinajstić information content (AvgIpc) is 2.75. The Morgan fingerprint density at radius 3 is 1.57 bits per heavy atom. The lowest BCUT2D eigenvalue weighted by Crippen LogP contribution is -2.25. The first kappa shape index (κ1) is 18.9. The second-order valence-electron chi connectivity index (χ2n) is 6.07. The summed E-state index contributed by atoms with van der Waals surface area (Å²) >= 11 is 0. The van der Waals surface area contributed by atoms with Crippen LogP contribution < -0.4 is 0 Å². The maximum atomic E-state index is 12.8. The molecule has 0 saturated heterocycles. The maximum absolute atomic E-state index is 12.8. The standard InChI is InChI=1S/C23H17NO4/c1-16-12-14-19(15-13-16)23(27)28-24-20(21(25)17-8-4-2-5-9-17)22(26)18-10-6-3-7-11-18/h2-15H,1H3. The summed E-state index contributed by atoms with van der Waals surface area (Å²) in [4.78, 5) is 42.8. The van der Waals surface area contributed by atoms with E-state index < -0.39 is 23.2 Å². The zero-order valence-electron chi connectivity index (χ0n) is 15.2. The summed E-state index contributed by atoms with van der Waals surface area (Å²) in [6.45, 7) is 1.89. The van der Waals surface area contributed by atoms with Gasteiger partial charge in [0.2, 0.25) is 11.6 Å². The third-order valence-electron chi connectivity index (χ3n) is 4.01. The molecule has 28 heavy (non-hydrogen) atoms. The summed E-state index contributed by atoms with van der Waals surface area (Å²) in [6.07, 6.45) is 0. The molecule has 5 nitrogen and oxygen atoms in total. The molecule has 0 amide bonds. The average molecular weight is 371 g/mol. The molecule has 0 bridgehead atoms. The number of hydrogen-bond donors (Lipinski definition) is 0. The highest BCUT2D eigenvalue weighted by atomic mass is 16.7. The molecule has 0 aromatic heterocycles. The Bertz CT molecular complexity index is 970. The van der Waals surface area contributed by atoms with Gasteiger partial charge < -0.3 is 4.84 Å². The SMILES string of the molecule is Cc1ccc(C(=O)ON=C(C(=O)c2ccccc2)C(=O)c2ccccc2)cc1. The number of aryl methyl sites for hydroxylation is 1. The van der Waals surface area contributed by atoms with Gasteiger partial charge in [0.05, 0.1) is 5.56 Å². The zero-order valence-corrected chi connectivity index (χ0v) is 15.2. The first-order valence-corrected chi connectivity index (χ1v) is 8.62. The number of oxime groups is 1. The topological polar surface area (TPSA) is 72.8 Å². The van der Waals surface area contributed by atoms with Crippen LogP contribution in [0.3, 0.4) is 0 Å². The van der Waals surface area contributed by atoms with Crippen LogP contribution in [0.25, 0.3) is 0 Å². The molecule has 0 aliphatic rings. The van der Waals surface area contributed by atoms with Gasteiger partial charge in [-0.15, -0.1) is 0 Å². The number of benzene rings is 3. The molecule has 0 heterocycles. The molecule has 0 N–H and O–H groups in total. The van der Waals surface area contributed by atoms with Crippen molar-refractivity contribution >= 4 is 23.2 Å². The Labute approximate surface area is 162 Å². The quantitative estimate of drug-likeness (QED) is 0.213. The van der Waals surface area contributed by atoms with Crippen LogP contribution in [-0.4, -0.2) is 23.2 Å². The van der Waals surface area contributed by atoms with Crippen LogP contribution in [0.2, 0.25) is 0 Å². The van der Waals surface area contributed by atoms with E-state index in [1.54, 1.807) is 84.9 Å². The Balaban J connectivity index is 1.92. The van der Waals surface area contributed by atoms with Gasteiger partial charge >= 0.3 is 5.97 Å². The van der Waals surface area contributed by atoms with Gasteiger partial charge in [0.25, 0.3) is 0 Å². The van der Waals surface area contributed by atoms with E-state index in [1.807, 2.05) is 6.92 Å². The molecule has 3 rings (SSSR count). The van der Waals surface area contributed by atoms with Crippen molar-refractivity contribution in [2.45, 2.75) is 6.92 Å². The molecule has 0 atom stereocenters. The molecule has 0 radical (unpaired) electrons. The van der Waals surface area contributed by atoms with Crippen molar-refractivity contribution in [2.75, 3.05) is 0 Å². The highest BCUT2D eigenvalue weighted by molar-refractivity contribution is 6.71. The fourth-order valence-electron chi connectivity index (χ4n) is 2.47. The minimum Gasteiger partial charge on any atom is -0.312 e. The van der Waals surface area contributed by atoms with Gasteiger partial charge in [-0.3, -0.25) is 9.59 Å². The van der Waals surface area contributed by atoms with Gasteiger partial charge in [0.15, 0.2) is 5.71 Å². The number of carbonyl (C=O) groups excluding carboxylic acids is 3. The number of rotatable bonds is 6. The van der Waals surface area contributed by atoms with Crippen molar-refractivity contribution in [3.05, 3.63) is 107 Å². The van der Waals surface area contributed by atoms with Crippen LogP contribution in [-0.2, 0) is 4.84 Å². The summed E-state index contributed by atoms with van der Waals surface area (Å²) in [5, 5.41) is 3.64. The van der Waals surface area contributed by atoms with E-state index in [9.17, 15) is 14.4 Å². The Hall–Kier alpha value is -3.86. The van der Waals surface area contributed by atoms with Crippen molar-refractivity contribution in [3.8, 4) is 0 Å². The van der Waals surface area contributed by atoms with E-state index >= 15 is 0 Å². The molecule has 3 aromatic rings. The highest BCUT2D eigenvalue weighted by Crippen LogP contribution is 2.10. The van der Waals surface area contributed by atoms with Crippen molar-refractivity contribution in [1.82, 2.24) is 0 Å². The van der Waals surface area contributed by atoms with E-state index in [0.29, 0.717) is 0 Å². The van der Waals surface area contributed by atoms with Crippen LogP contribution in [0.1, 0.15) is 36.6 Å². The number of carbonyl (C=O) groups is 3. The minimum absolute atomic E-state index is 0.271. The van der Waals surface area contributed by atoms with Crippen LogP contribution in [0.4, 0.5) is 0 Å². The normalized spacial score (nSPS) is 10.0. The monoisotopic (exact) mass is 371 g/mol. The lowest BCUT2D eigenvalue weighted by Gasteiger charge is -2.05. The molecule has 3 aromatic carbocycles. The van der Waals surface area contributed by atoms with Crippen molar-refractivity contribution < 1.29 is 19.2 Å². The first-order chi connectivity index (χ1) is 13.6. The summed E-state index contributed by atoms with van der Waals surface area (Å²) in [5.74, 6) is -1.99. The number of Topliss-reactive ketones (excluding diaryl/α,β-unsaturated/α-hetero) is 2. The smallest absolute Gasteiger partial charge is 0.312 e. The predicted molar refractivity (Wildman–Crippen MR) is 106 cm³/mol.